The van der Waals surface area contributed by atoms with Crippen LogP contribution in [0, 0.1) is 0 Å². The van der Waals surface area contributed by atoms with E-state index in [1.54, 1.807) is 0 Å². The lowest BCUT2D eigenvalue weighted by molar-refractivity contribution is 0.517. The maximum absolute atomic E-state index is 4.20. The van der Waals surface area contributed by atoms with E-state index in [4.69, 9.17) is 0 Å². The van der Waals surface area contributed by atoms with Crippen LogP contribution in [0.3, 0.4) is 0 Å². The van der Waals surface area contributed by atoms with Crippen LogP contribution in [0.2, 0.25) is 0 Å². The predicted octanol–water partition coefficient (Wildman–Crippen LogP) is 2.72. The van der Waals surface area contributed by atoms with Crippen LogP contribution in [0.25, 0.3) is 0 Å². The summed E-state index contributed by atoms with van der Waals surface area (Å²) in [6, 6.07) is 4.98. The summed E-state index contributed by atoms with van der Waals surface area (Å²) >= 11 is 0. The Hall–Kier alpha value is -0.890. The zero-order valence-electron chi connectivity index (χ0n) is 9.45. The molecule has 1 aliphatic rings. The lowest BCUT2D eigenvalue weighted by Crippen LogP contribution is -2.26. The monoisotopic (exact) mass is 204 g/mol. The van der Waals surface area contributed by atoms with Crippen LogP contribution < -0.4 is 5.32 Å². The van der Waals surface area contributed by atoms with Crippen molar-refractivity contribution in [2.75, 3.05) is 6.54 Å². The smallest absolute Gasteiger partial charge is 0.0302 e. The van der Waals surface area contributed by atoms with Crippen LogP contribution in [-0.2, 0) is 0 Å². The molecule has 1 aromatic heterocycles. The predicted molar refractivity (Wildman–Crippen MR) is 62.9 cm³/mol. The Kier molecular flexibility index (Phi) is 3.73. The number of rotatable bonds is 4. The number of nitrogens with one attached hydrogen (secondary N) is 1. The summed E-state index contributed by atoms with van der Waals surface area (Å²) in [5.41, 5.74) is 1.42. The minimum Gasteiger partial charge on any atom is -0.314 e. The minimum absolute atomic E-state index is 0.730. The Morgan fingerprint density at radius 1 is 1.47 bits per heavy atom. The van der Waals surface area contributed by atoms with E-state index < -0.39 is 0 Å². The van der Waals surface area contributed by atoms with Crippen molar-refractivity contribution in [1.82, 2.24) is 10.3 Å². The Balaban J connectivity index is 1.87. The van der Waals surface area contributed by atoms with E-state index in [1.807, 2.05) is 18.5 Å². The first-order chi connectivity index (χ1) is 7.40. The summed E-state index contributed by atoms with van der Waals surface area (Å²) in [7, 11) is 0. The van der Waals surface area contributed by atoms with E-state index in [1.165, 1.54) is 31.2 Å². The van der Waals surface area contributed by atoms with Crippen molar-refractivity contribution in [3.8, 4) is 0 Å². The molecule has 2 atom stereocenters. The largest absolute Gasteiger partial charge is 0.314 e. The average Bonchev–Trinajstić information content (AvgIpc) is 2.76. The third kappa shape index (κ3) is 2.78. The normalized spacial score (nSPS) is 25.7. The molecule has 2 rings (SSSR count). The van der Waals surface area contributed by atoms with E-state index in [2.05, 4.69) is 23.3 Å². The molecule has 2 heteroatoms. The number of nitrogens with zero attached hydrogens (tertiary/aromatic N) is 1. The SMILES string of the molecule is CCCNC1CCC(c2cccnc2)C1. The van der Waals surface area contributed by atoms with Crippen molar-refractivity contribution in [3.63, 3.8) is 0 Å². The summed E-state index contributed by atoms with van der Waals surface area (Å²) in [6.45, 7) is 3.38. The fraction of sp³-hybridized carbons (Fsp3) is 0.615. The van der Waals surface area contributed by atoms with Gasteiger partial charge in [-0.3, -0.25) is 4.98 Å². The molecule has 1 N–H and O–H groups in total. The summed E-state index contributed by atoms with van der Waals surface area (Å²) in [5, 5.41) is 3.61. The average molecular weight is 204 g/mol. The third-order valence-corrected chi connectivity index (χ3v) is 3.27. The van der Waals surface area contributed by atoms with Crippen molar-refractivity contribution in [2.24, 2.45) is 0 Å². The lowest BCUT2D eigenvalue weighted by atomic mass is 9.99. The molecule has 0 aromatic carbocycles. The molecule has 2 nitrogen and oxygen atoms in total. The zero-order chi connectivity index (χ0) is 10.5. The number of aromatic nitrogens is 1. The minimum atomic E-state index is 0.730. The van der Waals surface area contributed by atoms with Gasteiger partial charge in [0, 0.05) is 18.4 Å². The third-order valence-electron chi connectivity index (χ3n) is 3.27. The van der Waals surface area contributed by atoms with Crippen molar-refractivity contribution in [1.29, 1.82) is 0 Å². The molecule has 82 valence electrons. The molecule has 1 fully saturated rings. The van der Waals surface area contributed by atoms with Crippen LogP contribution in [0.1, 0.15) is 44.1 Å². The highest BCUT2D eigenvalue weighted by Crippen LogP contribution is 2.33. The van der Waals surface area contributed by atoms with Crippen LogP contribution in [0.5, 0.6) is 0 Å². The second-order valence-corrected chi connectivity index (χ2v) is 4.45. The van der Waals surface area contributed by atoms with Gasteiger partial charge in [-0.05, 0) is 49.8 Å². The van der Waals surface area contributed by atoms with Crippen molar-refractivity contribution in [2.45, 2.75) is 44.6 Å². The summed E-state index contributed by atoms with van der Waals surface area (Å²) in [5.74, 6) is 0.730. The maximum atomic E-state index is 4.20. The van der Waals surface area contributed by atoms with Gasteiger partial charge >= 0.3 is 0 Å². The second kappa shape index (κ2) is 5.26. The molecule has 1 aromatic rings. The first-order valence-electron chi connectivity index (χ1n) is 6.03. The van der Waals surface area contributed by atoms with Gasteiger partial charge in [-0.2, -0.15) is 0 Å². The van der Waals surface area contributed by atoms with E-state index >= 15 is 0 Å². The van der Waals surface area contributed by atoms with Gasteiger partial charge in [-0.1, -0.05) is 13.0 Å². The fourth-order valence-corrected chi connectivity index (χ4v) is 2.44. The molecule has 1 saturated carbocycles. The quantitative estimate of drug-likeness (QED) is 0.815. The summed E-state index contributed by atoms with van der Waals surface area (Å²) in [6.07, 6.45) is 9.02. The number of hydrogen-bond acceptors (Lipinski definition) is 2. The highest BCUT2D eigenvalue weighted by atomic mass is 14.9. The van der Waals surface area contributed by atoms with Crippen LogP contribution >= 0.6 is 0 Å². The van der Waals surface area contributed by atoms with E-state index in [0.29, 0.717) is 0 Å². The van der Waals surface area contributed by atoms with Gasteiger partial charge in [0.25, 0.3) is 0 Å². The molecule has 1 aliphatic carbocycles. The summed E-state index contributed by atoms with van der Waals surface area (Å²) in [4.78, 5) is 4.20. The van der Waals surface area contributed by atoms with E-state index in [9.17, 15) is 0 Å². The maximum Gasteiger partial charge on any atom is 0.0302 e. The molecule has 0 amide bonds. The Morgan fingerprint density at radius 3 is 3.13 bits per heavy atom. The first-order valence-corrected chi connectivity index (χ1v) is 6.03. The molecule has 0 bridgehead atoms. The van der Waals surface area contributed by atoms with Gasteiger partial charge in [0.1, 0.15) is 0 Å². The van der Waals surface area contributed by atoms with Gasteiger partial charge in [0.05, 0.1) is 0 Å². The molecule has 15 heavy (non-hydrogen) atoms. The van der Waals surface area contributed by atoms with Crippen molar-refractivity contribution >= 4 is 0 Å². The van der Waals surface area contributed by atoms with Gasteiger partial charge in [0.15, 0.2) is 0 Å². The van der Waals surface area contributed by atoms with Gasteiger partial charge < -0.3 is 5.32 Å². The standard InChI is InChI=1S/C13H20N2/c1-2-7-15-13-6-5-11(9-13)12-4-3-8-14-10-12/h3-4,8,10-11,13,15H,2,5-7,9H2,1H3. The molecule has 0 spiro atoms. The molecule has 1 heterocycles. The molecule has 2 unspecified atom stereocenters. The molecular formula is C13H20N2. The van der Waals surface area contributed by atoms with Crippen LogP contribution in [-0.4, -0.2) is 17.6 Å². The molecule has 0 radical (unpaired) electrons. The Bertz CT molecular complexity index is 284. The Labute approximate surface area is 92.1 Å². The Morgan fingerprint density at radius 2 is 2.40 bits per heavy atom. The van der Waals surface area contributed by atoms with E-state index in [0.717, 1.165) is 18.5 Å². The molecular weight excluding hydrogens is 184 g/mol. The second-order valence-electron chi connectivity index (χ2n) is 4.45. The molecule has 0 aliphatic heterocycles. The van der Waals surface area contributed by atoms with Gasteiger partial charge in [-0.15, -0.1) is 0 Å². The van der Waals surface area contributed by atoms with Crippen LogP contribution in [0.4, 0.5) is 0 Å². The highest BCUT2D eigenvalue weighted by Gasteiger charge is 2.25. The van der Waals surface area contributed by atoms with Gasteiger partial charge in [-0.25, -0.2) is 0 Å². The fourth-order valence-electron chi connectivity index (χ4n) is 2.44. The highest BCUT2D eigenvalue weighted by molar-refractivity contribution is 5.16. The number of pyridine rings is 1. The van der Waals surface area contributed by atoms with Gasteiger partial charge in [0.2, 0.25) is 0 Å². The topological polar surface area (TPSA) is 24.9 Å². The van der Waals surface area contributed by atoms with Crippen molar-refractivity contribution in [3.05, 3.63) is 30.1 Å². The van der Waals surface area contributed by atoms with Crippen LogP contribution in [0.15, 0.2) is 24.5 Å². The first kappa shape index (κ1) is 10.6. The molecule has 0 saturated heterocycles. The summed E-state index contributed by atoms with van der Waals surface area (Å²) < 4.78 is 0. The number of hydrogen-bond donors (Lipinski definition) is 1. The van der Waals surface area contributed by atoms with Crippen molar-refractivity contribution < 1.29 is 0 Å². The van der Waals surface area contributed by atoms with E-state index in [-0.39, 0.29) is 0 Å². The zero-order valence-corrected chi connectivity index (χ0v) is 9.45. The lowest BCUT2D eigenvalue weighted by Gasteiger charge is -2.12.